The highest BCUT2D eigenvalue weighted by atomic mass is 35.5. The van der Waals surface area contributed by atoms with Crippen LogP contribution in [-0.4, -0.2) is 9.81 Å². The van der Waals surface area contributed by atoms with Gasteiger partial charge in [0.25, 0.3) is 10.8 Å². The van der Waals surface area contributed by atoms with E-state index in [-0.39, 0.29) is 11.1 Å². The molecular weight excluding hydrogens is 274 g/mol. The number of hydrogen-bond acceptors (Lipinski definition) is 2. The fourth-order valence-corrected chi connectivity index (χ4v) is 2.44. The minimum Gasteiger partial charge on any atom is -0.277 e. The molecule has 0 saturated carbocycles. The Hall–Kier alpha value is -2.39. The maximum absolute atomic E-state index is 12.3. The Labute approximate surface area is 120 Å². The van der Waals surface area contributed by atoms with Gasteiger partial charge >= 0.3 is 0 Å². The van der Waals surface area contributed by atoms with E-state index in [0.29, 0.717) is 10.9 Å². The summed E-state index contributed by atoms with van der Waals surface area (Å²) in [5.41, 5.74) is 1.37. The number of rotatable bonds is 2. The molecule has 3 aromatic rings. The summed E-state index contributed by atoms with van der Waals surface area (Å²) in [5, 5.41) is 0.0365. The van der Waals surface area contributed by atoms with E-state index in [4.69, 9.17) is 11.6 Å². The van der Waals surface area contributed by atoms with Crippen LogP contribution in [0.3, 0.4) is 0 Å². The standard InChI is InChI=1S/C16H10ClNO2/c17-16(20)13-10-15(19)18(11-6-2-1-3-7-11)14-9-5-4-8-12(13)14/h1-10H. The number of aromatic nitrogens is 1. The van der Waals surface area contributed by atoms with Gasteiger partial charge in [-0.25, -0.2) is 0 Å². The molecule has 2 aromatic carbocycles. The van der Waals surface area contributed by atoms with Crippen molar-refractivity contribution in [1.82, 2.24) is 4.57 Å². The maximum atomic E-state index is 12.3. The predicted octanol–water partition coefficient (Wildman–Crippen LogP) is 3.37. The molecule has 1 heterocycles. The molecule has 0 atom stereocenters. The van der Waals surface area contributed by atoms with Crippen LogP contribution in [0.15, 0.2) is 65.5 Å². The van der Waals surface area contributed by atoms with Crippen LogP contribution in [0.5, 0.6) is 0 Å². The molecule has 0 aliphatic carbocycles. The van der Waals surface area contributed by atoms with Crippen LogP contribution >= 0.6 is 11.6 Å². The molecule has 20 heavy (non-hydrogen) atoms. The lowest BCUT2D eigenvalue weighted by atomic mass is 10.1. The number of benzene rings is 2. The second kappa shape index (κ2) is 4.94. The molecule has 0 spiro atoms. The van der Waals surface area contributed by atoms with Gasteiger partial charge in [-0.15, -0.1) is 0 Å². The summed E-state index contributed by atoms with van der Waals surface area (Å²) in [4.78, 5) is 23.8. The first-order valence-corrected chi connectivity index (χ1v) is 6.46. The van der Waals surface area contributed by atoms with Gasteiger partial charge in [0.15, 0.2) is 0 Å². The van der Waals surface area contributed by atoms with Crippen LogP contribution in [-0.2, 0) is 0 Å². The summed E-state index contributed by atoms with van der Waals surface area (Å²) in [6, 6.07) is 17.8. The van der Waals surface area contributed by atoms with Crippen molar-refractivity contribution in [3.8, 4) is 5.69 Å². The van der Waals surface area contributed by atoms with Crippen LogP contribution in [0, 0.1) is 0 Å². The summed E-state index contributed by atoms with van der Waals surface area (Å²) in [6.45, 7) is 0. The van der Waals surface area contributed by atoms with Crippen LogP contribution < -0.4 is 5.56 Å². The Morgan fingerprint density at radius 3 is 2.30 bits per heavy atom. The Bertz CT molecular complexity index is 853. The van der Waals surface area contributed by atoms with Crippen molar-refractivity contribution in [3.05, 3.63) is 76.6 Å². The van der Waals surface area contributed by atoms with Crippen LogP contribution in [0.2, 0.25) is 0 Å². The molecule has 0 unspecified atom stereocenters. The largest absolute Gasteiger partial charge is 0.277 e. The lowest BCUT2D eigenvalue weighted by Gasteiger charge is -2.11. The van der Waals surface area contributed by atoms with Crippen molar-refractivity contribution in [3.63, 3.8) is 0 Å². The normalized spacial score (nSPS) is 10.7. The zero-order valence-electron chi connectivity index (χ0n) is 10.4. The zero-order valence-corrected chi connectivity index (χ0v) is 11.2. The Balaban J connectivity index is 2.46. The van der Waals surface area contributed by atoms with Gasteiger partial charge in [-0.2, -0.15) is 0 Å². The molecule has 3 rings (SSSR count). The van der Waals surface area contributed by atoms with Crippen molar-refractivity contribution in [2.24, 2.45) is 0 Å². The first kappa shape index (κ1) is 12.6. The summed E-state index contributed by atoms with van der Waals surface area (Å²) in [6.07, 6.45) is 0. The number of pyridine rings is 1. The second-order valence-corrected chi connectivity index (χ2v) is 4.70. The van der Waals surface area contributed by atoms with Gasteiger partial charge in [-0.3, -0.25) is 14.2 Å². The summed E-state index contributed by atoms with van der Waals surface area (Å²) >= 11 is 5.57. The molecule has 0 aliphatic heterocycles. The number of para-hydroxylation sites is 2. The van der Waals surface area contributed by atoms with Crippen LogP contribution in [0.1, 0.15) is 10.4 Å². The maximum Gasteiger partial charge on any atom is 0.256 e. The van der Waals surface area contributed by atoms with Gasteiger partial charge in [0.05, 0.1) is 5.52 Å². The van der Waals surface area contributed by atoms with E-state index in [1.165, 1.54) is 6.07 Å². The number of hydrogen-bond donors (Lipinski definition) is 0. The third-order valence-corrected chi connectivity index (χ3v) is 3.35. The van der Waals surface area contributed by atoms with E-state index in [2.05, 4.69) is 0 Å². The summed E-state index contributed by atoms with van der Waals surface area (Å²) < 4.78 is 1.57. The number of nitrogens with zero attached hydrogens (tertiary/aromatic N) is 1. The highest BCUT2D eigenvalue weighted by molar-refractivity contribution is 6.68. The molecular formula is C16H10ClNO2. The van der Waals surface area contributed by atoms with Crippen molar-refractivity contribution in [1.29, 1.82) is 0 Å². The number of carbonyl (C=O) groups is 1. The smallest absolute Gasteiger partial charge is 0.256 e. The summed E-state index contributed by atoms with van der Waals surface area (Å²) in [7, 11) is 0. The molecule has 4 heteroatoms. The SMILES string of the molecule is O=C(Cl)c1cc(=O)n(-c2ccccc2)c2ccccc12. The Morgan fingerprint density at radius 1 is 0.950 bits per heavy atom. The van der Waals surface area contributed by atoms with E-state index in [9.17, 15) is 9.59 Å². The Kier molecular flexibility index (Phi) is 3.12. The van der Waals surface area contributed by atoms with Crippen molar-refractivity contribution in [2.45, 2.75) is 0 Å². The van der Waals surface area contributed by atoms with Gasteiger partial charge in [0.2, 0.25) is 0 Å². The molecule has 0 radical (unpaired) electrons. The van der Waals surface area contributed by atoms with Gasteiger partial charge < -0.3 is 0 Å². The monoisotopic (exact) mass is 283 g/mol. The molecule has 0 aliphatic rings. The van der Waals surface area contributed by atoms with E-state index in [1.54, 1.807) is 16.7 Å². The van der Waals surface area contributed by atoms with Gasteiger partial charge in [0, 0.05) is 22.7 Å². The zero-order chi connectivity index (χ0) is 14.1. The van der Waals surface area contributed by atoms with E-state index < -0.39 is 5.24 Å². The number of fused-ring (bicyclic) bond motifs is 1. The molecule has 0 fully saturated rings. The van der Waals surface area contributed by atoms with E-state index in [1.807, 2.05) is 42.5 Å². The average molecular weight is 284 g/mol. The first-order chi connectivity index (χ1) is 9.68. The van der Waals surface area contributed by atoms with Crippen molar-refractivity contribution >= 4 is 27.7 Å². The fourth-order valence-electron chi connectivity index (χ4n) is 2.29. The fraction of sp³-hybridized carbons (Fsp3) is 0. The van der Waals surface area contributed by atoms with E-state index >= 15 is 0 Å². The molecule has 1 aromatic heterocycles. The third-order valence-electron chi connectivity index (χ3n) is 3.15. The Morgan fingerprint density at radius 2 is 1.60 bits per heavy atom. The topological polar surface area (TPSA) is 39.1 Å². The molecule has 98 valence electrons. The molecule has 0 N–H and O–H groups in total. The minimum absolute atomic E-state index is 0.236. The quantitative estimate of drug-likeness (QED) is 0.677. The summed E-state index contributed by atoms with van der Waals surface area (Å²) in [5.74, 6) is 0. The lowest BCUT2D eigenvalue weighted by Crippen LogP contribution is -2.19. The van der Waals surface area contributed by atoms with Crippen molar-refractivity contribution in [2.75, 3.05) is 0 Å². The number of carbonyl (C=O) groups excluding carboxylic acids is 1. The minimum atomic E-state index is -0.626. The molecule has 3 nitrogen and oxygen atoms in total. The third kappa shape index (κ3) is 2.02. The predicted molar refractivity (Wildman–Crippen MR) is 79.7 cm³/mol. The second-order valence-electron chi connectivity index (χ2n) is 4.36. The van der Waals surface area contributed by atoms with Crippen LogP contribution in [0.4, 0.5) is 0 Å². The number of halogens is 1. The van der Waals surface area contributed by atoms with Gasteiger partial charge in [-0.1, -0.05) is 36.4 Å². The molecule has 0 bridgehead atoms. The molecule has 0 saturated heterocycles. The first-order valence-electron chi connectivity index (χ1n) is 6.08. The highest BCUT2D eigenvalue weighted by Gasteiger charge is 2.13. The average Bonchev–Trinajstić information content (AvgIpc) is 2.47. The lowest BCUT2D eigenvalue weighted by molar-refractivity contribution is 0.108. The van der Waals surface area contributed by atoms with Gasteiger partial charge in [-0.05, 0) is 29.8 Å². The highest BCUT2D eigenvalue weighted by Crippen LogP contribution is 2.21. The van der Waals surface area contributed by atoms with Crippen LogP contribution in [0.25, 0.3) is 16.6 Å². The molecule has 0 amide bonds. The van der Waals surface area contributed by atoms with Crippen molar-refractivity contribution < 1.29 is 4.79 Å². The van der Waals surface area contributed by atoms with E-state index in [0.717, 1.165) is 5.69 Å². The van der Waals surface area contributed by atoms with Gasteiger partial charge in [0.1, 0.15) is 0 Å².